The molecule has 2 amide bonds. The highest BCUT2D eigenvalue weighted by Gasteiger charge is 2.12. The fourth-order valence-corrected chi connectivity index (χ4v) is 3.30. The predicted molar refractivity (Wildman–Crippen MR) is 112 cm³/mol. The van der Waals surface area contributed by atoms with Crippen LogP contribution in [0.5, 0.6) is 0 Å². The number of nitrogens with zero attached hydrogens (tertiary/aromatic N) is 4. The number of benzene rings is 2. The molecule has 0 fully saturated rings. The minimum Gasteiger partial charge on any atom is -0.355 e. The fourth-order valence-electron chi connectivity index (χ4n) is 2.61. The molecule has 1 aromatic heterocycles. The number of rotatable bonds is 7. The van der Waals surface area contributed by atoms with E-state index in [-0.39, 0.29) is 17.6 Å². The summed E-state index contributed by atoms with van der Waals surface area (Å²) >= 11 is 1.25. The molecule has 0 radical (unpaired) electrons. The first kappa shape index (κ1) is 20.5. The summed E-state index contributed by atoms with van der Waals surface area (Å²) in [6.07, 6.45) is 0. The second-order valence-corrected chi connectivity index (χ2v) is 7.56. The SMILES string of the molecule is CNC(=O)c1ccc(NC(=O)CSc2nnnn2-c2ccc(C(C)C)cc2)cc1. The number of hydrogen-bond acceptors (Lipinski definition) is 6. The third kappa shape index (κ3) is 5.20. The van der Waals surface area contributed by atoms with Gasteiger partial charge in [0.2, 0.25) is 11.1 Å². The molecule has 9 heteroatoms. The van der Waals surface area contributed by atoms with Gasteiger partial charge in [-0.1, -0.05) is 37.7 Å². The number of amides is 2. The summed E-state index contributed by atoms with van der Waals surface area (Å²) in [5, 5.41) is 17.6. The van der Waals surface area contributed by atoms with Crippen LogP contribution in [0.4, 0.5) is 5.69 Å². The first-order valence-electron chi connectivity index (χ1n) is 9.11. The van der Waals surface area contributed by atoms with E-state index in [1.807, 2.05) is 24.3 Å². The lowest BCUT2D eigenvalue weighted by Crippen LogP contribution is -2.18. The standard InChI is InChI=1S/C20H22N6O2S/c1-13(2)14-6-10-17(11-7-14)26-20(23-24-25-26)29-12-18(27)22-16-8-4-15(5-9-16)19(28)21-3/h4-11,13H,12H2,1-3H3,(H,21,28)(H,22,27). The van der Waals surface area contributed by atoms with Crippen molar-refractivity contribution in [2.24, 2.45) is 0 Å². The maximum Gasteiger partial charge on any atom is 0.251 e. The van der Waals surface area contributed by atoms with Crippen molar-refractivity contribution in [1.29, 1.82) is 0 Å². The van der Waals surface area contributed by atoms with Crippen LogP contribution in [0.15, 0.2) is 53.7 Å². The zero-order valence-corrected chi connectivity index (χ0v) is 17.2. The monoisotopic (exact) mass is 410 g/mol. The molecule has 0 atom stereocenters. The van der Waals surface area contributed by atoms with Crippen molar-refractivity contribution in [3.05, 3.63) is 59.7 Å². The van der Waals surface area contributed by atoms with Crippen molar-refractivity contribution in [2.45, 2.75) is 24.9 Å². The van der Waals surface area contributed by atoms with Gasteiger partial charge in [0.1, 0.15) is 0 Å². The zero-order chi connectivity index (χ0) is 20.8. The van der Waals surface area contributed by atoms with Crippen LogP contribution < -0.4 is 10.6 Å². The molecule has 0 aliphatic rings. The lowest BCUT2D eigenvalue weighted by Gasteiger charge is -2.08. The van der Waals surface area contributed by atoms with E-state index in [0.29, 0.717) is 22.3 Å². The van der Waals surface area contributed by atoms with E-state index in [1.54, 1.807) is 36.0 Å². The topological polar surface area (TPSA) is 102 Å². The van der Waals surface area contributed by atoms with Gasteiger partial charge < -0.3 is 10.6 Å². The molecule has 0 aliphatic heterocycles. The van der Waals surface area contributed by atoms with Crippen LogP contribution in [0.25, 0.3) is 5.69 Å². The van der Waals surface area contributed by atoms with Gasteiger partial charge in [0, 0.05) is 18.3 Å². The highest BCUT2D eigenvalue weighted by molar-refractivity contribution is 7.99. The van der Waals surface area contributed by atoms with Crippen LogP contribution in [-0.2, 0) is 4.79 Å². The van der Waals surface area contributed by atoms with Gasteiger partial charge in [-0.05, 0) is 58.3 Å². The molecule has 0 unspecified atom stereocenters. The van der Waals surface area contributed by atoms with Crippen LogP contribution in [0, 0.1) is 0 Å². The number of hydrogen-bond donors (Lipinski definition) is 2. The van der Waals surface area contributed by atoms with Crippen LogP contribution in [0.3, 0.4) is 0 Å². The molecule has 0 saturated heterocycles. The molecule has 3 aromatic rings. The second-order valence-electron chi connectivity index (χ2n) is 6.61. The third-order valence-corrected chi connectivity index (χ3v) is 5.15. The van der Waals surface area contributed by atoms with Gasteiger partial charge in [0.15, 0.2) is 0 Å². The molecular weight excluding hydrogens is 388 g/mol. The lowest BCUT2D eigenvalue weighted by atomic mass is 10.0. The highest BCUT2D eigenvalue weighted by Crippen LogP contribution is 2.21. The van der Waals surface area contributed by atoms with E-state index in [9.17, 15) is 9.59 Å². The first-order chi connectivity index (χ1) is 14.0. The maximum absolute atomic E-state index is 12.3. The molecule has 0 bridgehead atoms. The van der Waals surface area contributed by atoms with E-state index in [4.69, 9.17) is 0 Å². The number of tetrazole rings is 1. The average molecular weight is 411 g/mol. The van der Waals surface area contributed by atoms with Crippen molar-refractivity contribution in [1.82, 2.24) is 25.5 Å². The van der Waals surface area contributed by atoms with E-state index >= 15 is 0 Å². The molecule has 8 nitrogen and oxygen atoms in total. The Labute approximate surface area is 173 Å². The molecule has 2 N–H and O–H groups in total. The summed E-state index contributed by atoms with van der Waals surface area (Å²) < 4.78 is 1.61. The predicted octanol–water partition coefficient (Wildman–Crippen LogP) is 2.88. The van der Waals surface area contributed by atoms with Crippen LogP contribution >= 0.6 is 11.8 Å². The summed E-state index contributed by atoms with van der Waals surface area (Å²) in [5.41, 5.74) is 3.22. The summed E-state index contributed by atoms with van der Waals surface area (Å²) in [7, 11) is 1.57. The molecule has 2 aromatic carbocycles. The van der Waals surface area contributed by atoms with Crippen molar-refractivity contribution in [3.63, 3.8) is 0 Å². The Hall–Kier alpha value is -3.20. The van der Waals surface area contributed by atoms with E-state index in [1.165, 1.54) is 17.3 Å². The van der Waals surface area contributed by atoms with E-state index in [0.717, 1.165) is 5.69 Å². The van der Waals surface area contributed by atoms with Crippen molar-refractivity contribution in [3.8, 4) is 5.69 Å². The number of nitrogens with one attached hydrogen (secondary N) is 2. The summed E-state index contributed by atoms with van der Waals surface area (Å²) in [6, 6.07) is 14.7. The van der Waals surface area contributed by atoms with Crippen LogP contribution in [-0.4, -0.2) is 44.8 Å². The van der Waals surface area contributed by atoms with Crippen LogP contribution in [0.1, 0.15) is 35.7 Å². The molecular formula is C20H22N6O2S. The molecule has 29 heavy (non-hydrogen) atoms. The van der Waals surface area contributed by atoms with Gasteiger partial charge in [-0.25, -0.2) is 0 Å². The number of anilines is 1. The minimum atomic E-state index is -0.188. The smallest absolute Gasteiger partial charge is 0.251 e. The van der Waals surface area contributed by atoms with Gasteiger partial charge in [-0.2, -0.15) is 4.68 Å². The molecule has 0 aliphatic carbocycles. The Bertz CT molecular complexity index is 983. The summed E-state index contributed by atoms with van der Waals surface area (Å²) in [5.74, 6) is 0.238. The summed E-state index contributed by atoms with van der Waals surface area (Å²) in [6.45, 7) is 4.27. The Balaban J connectivity index is 1.60. The van der Waals surface area contributed by atoms with Crippen molar-refractivity contribution >= 4 is 29.3 Å². The molecule has 3 rings (SSSR count). The minimum absolute atomic E-state index is 0.154. The Morgan fingerprint density at radius 1 is 1.07 bits per heavy atom. The molecule has 0 saturated carbocycles. The Morgan fingerprint density at radius 3 is 2.38 bits per heavy atom. The zero-order valence-electron chi connectivity index (χ0n) is 16.4. The van der Waals surface area contributed by atoms with Crippen LogP contribution in [0.2, 0.25) is 0 Å². The molecule has 1 heterocycles. The molecule has 150 valence electrons. The van der Waals surface area contributed by atoms with Gasteiger partial charge in [0.05, 0.1) is 11.4 Å². The second kappa shape index (κ2) is 9.33. The van der Waals surface area contributed by atoms with E-state index < -0.39 is 0 Å². The maximum atomic E-state index is 12.3. The van der Waals surface area contributed by atoms with Gasteiger partial charge in [-0.15, -0.1) is 5.10 Å². The van der Waals surface area contributed by atoms with Gasteiger partial charge in [-0.3, -0.25) is 9.59 Å². The Kier molecular flexibility index (Phi) is 6.61. The number of carbonyl (C=O) groups is 2. The highest BCUT2D eigenvalue weighted by atomic mass is 32.2. The quantitative estimate of drug-likeness (QED) is 0.581. The van der Waals surface area contributed by atoms with Crippen molar-refractivity contribution in [2.75, 3.05) is 18.1 Å². The van der Waals surface area contributed by atoms with Gasteiger partial charge in [0.25, 0.3) is 5.91 Å². The number of carbonyl (C=O) groups excluding carboxylic acids is 2. The number of thioether (sulfide) groups is 1. The normalized spacial score (nSPS) is 10.8. The average Bonchev–Trinajstić information content (AvgIpc) is 3.21. The summed E-state index contributed by atoms with van der Waals surface area (Å²) in [4.78, 5) is 23.8. The molecule has 0 spiro atoms. The van der Waals surface area contributed by atoms with Crippen molar-refractivity contribution < 1.29 is 9.59 Å². The fraction of sp³-hybridized carbons (Fsp3) is 0.250. The third-order valence-electron chi connectivity index (χ3n) is 4.24. The van der Waals surface area contributed by atoms with E-state index in [2.05, 4.69) is 40.0 Å². The first-order valence-corrected chi connectivity index (χ1v) is 10.1. The number of aromatic nitrogens is 4. The largest absolute Gasteiger partial charge is 0.355 e. The van der Waals surface area contributed by atoms with Gasteiger partial charge >= 0.3 is 0 Å². The Morgan fingerprint density at radius 2 is 1.76 bits per heavy atom. The lowest BCUT2D eigenvalue weighted by molar-refractivity contribution is -0.113.